The van der Waals surface area contributed by atoms with Gasteiger partial charge in [-0.1, -0.05) is 11.6 Å². The van der Waals surface area contributed by atoms with E-state index in [2.05, 4.69) is 15.5 Å². The first kappa shape index (κ1) is 25.0. The van der Waals surface area contributed by atoms with Gasteiger partial charge in [0.05, 0.1) is 19.0 Å². The Morgan fingerprint density at radius 3 is 2.39 bits per heavy atom. The lowest BCUT2D eigenvalue weighted by molar-refractivity contribution is -0.118. The third kappa shape index (κ3) is 7.45. The molecule has 1 fully saturated rings. The van der Waals surface area contributed by atoms with Gasteiger partial charge in [-0.05, 0) is 61.4 Å². The molecule has 0 radical (unpaired) electrons. The number of morpholine rings is 1. The molecule has 8 nitrogen and oxygen atoms in total. The van der Waals surface area contributed by atoms with Crippen LogP contribution in [-0.4, -0.2) is 64.6 Å². The van der Waals surface area contributed by atoms with Gasteiger partial charge in [0.1, 0.15) is 15.9 Å². The molecule has 1 atom stereocenters. The normalized spacial score (nSPS) is 15.1. The maximum absolute atomic E-state index is 13.0. The lowest BCUT2D eigenvalue weighted by Gasteiger charge is -2.29. The van der Waals surface area contributed by atoms with Gasteiger partial charge in [0.15, 0.2) is 0 Å². The fourth-order valence-corrected chi connectivity index (χ4v) is 4.26. The van der Waals surface area contributed by atoms with E-state index in [1.165, 1.54) is 12.1 Å². The van der Waals surface area contributed by atoms with Crippen molar-refractivity contribution in [3.8, 4) is 0 Å². The Kier molecular flexibility index (Phi) is 8.34. The van der Waals surface area contributed by atoms with Crippen LogP contribution in [0.4, 0.5) is 11.4 Å². The zero-order valence-electron chi connectivity index (χ0n) is 18.6. The van der Waals surface area contributed by atoms with Crippen molar-refractivity contribution in [3.05, 3.63) is 58.6 Å². The topological polar surface area (TPSA) is 105 Å². The molecule has 0 aromatic heterocycles. The minimum absolute atomic E-state index is 0.0467. The van der Waals surface area contributed by atoms with Gasteiger partial charge in [-0.15, -0.1) is 0 Å². The molecular formula is C23H28ClN3O5S. The van der Waals surface area contributed by atoms with Crippen molar-refractivity contribution in [2.45, 2.75) is 19.4 Å². The minimum atomic E-state index is -3.32. The molecule has 1 aliphatic heterocycles. The summed E-state index contributed by atoms with van der Waals surface area (Å²) in [6.07, 6.45) is 1.05. The molecule has 1 saturated heterocycles. The Morgan fingerprint density at radius 1 is 1.12 bits per heavy atom. The number of ether oxygens (including phenoxy) is 1. The van der Waals surface area contributed by atoms with E-state index < -0.39 is 27.7 Å². The lowest BCUT2D eigenvalue weighted by Crippen LogP contribution is -2.44. The number of aryl methyl sites for hydroxylation is 1. The average Bonchev–Trinajstić information content (AvgIpc) is 2.78. The molecule has 0 aliphatic carbocycles. The summed E-state index contributed by atoms with van der Waals surface area (Å²) in [5.74, 6) is -1.20. The molecule has 2 amide bonds. The van der Waals surface area contributed by atoms with Crippen LogP contribution in [0.25, 0.3) is 0 Å². The second-order valence-corrected chi connectivity index (χ2v) is 10.7. The summed E-state index contributed by atoms with van der Waals surface area (Å²) in [7, 11) is -3.32. The van der Waals surface area contributed by atoms with Gasteiger partial charge in [-0.2, -0.15) is 0 Å². The molecule has 1 heterocycles. The molecule has 10 heteroatoms. The van der Waals surface area contributed by atoms with E-state index in [0.29, 0.717) is 29.5 Å². The van der Waals surface area contributed by atoms with Crippen LogP contribution in [0.15, 0.2) is 42.5 Å². The maximum Gasteiger partial charge on any atom is 0.251 e. The summed E-state index contributed by atoms with van der Waals surface area (Å²) in [5, 5.41) is 5.96. The second-order valence-electron chi connectivity index (χ2n) is 8.04. The standard InChI is InChI=1S/C23H28ClN3O5S/c1-16-15-19(27-10-12-32-13-11-27)7-8-20(16)25-23(29)21(9-14-33(2,30)31)26-22(28)17-3-5-18(24)6-4-17/h3-8,15,21H,9-14H2,1-2H3,(H,25,29)(H,26,28). The lowest BCUT2D eigenvalue weighted by atomic mass is 10.1. The van der Waals surface area contributed by atoms with Gasteiger partial charge in [0, 0.05) is 41.3 Å². The SMILES string of the molecule is Cc1cc(N2CCOCC2)ccc1NC(=O)C(CCS(C)(=O)=O)NC(=O)c1ccc(Cl)cc1. The summed E-state index contributed by atoms with van der Waals surface area (Å²) in [6, 6.07) is 10.9. The van der Waals surface area contributed by atoms with Crippen molar-refractivity contribution in [2.75, 3.05) is 48.5 Å². The average molecular weight is 494 g/mol. The fraction of sp³-hybridized carbons (Fsp3) is 0.391. The van der Waals surface area contributed by atoms with Crippen LogP contribution in [0, 0.1) is 6.92 Å². The number of halogens is 1. The van der Waals surface area contributed by atoms with E-state index in [1.54, 1.807) is 12.1 Å². The molecule has 1 aliphatic rings. The fourth-order valence-electron chi connectivity index (χ4n) is 3.47. The van der Waals surface area contributed by atoms with E-state index in [1.807, 2.05) is 25.1 Å². The molecule has 2 N–H and O–H groups in total. The summed E-state index contributed by atoms with van der Waals surface area (Å²) in [5.41, 5.74) is 2.82. The molecule has 0 saturated carbocycles. The van der Waals surface area contributed by atoms with Gasteiger partial charge < -0.3 is 20.3 Å². The van der Waals surface area contributed by atoms with Crippen LogP contribution in [0.5, 0.6) is 0 Å². The summed E-state index contributed by atoms with van der Waals surface area (Å²) in [6.45, 7) is 4.84. The minimum Gasteiger partial charge on any atom is -0.378 e. The van der Waals surface area contributed by atoms with E-state index in [9.17, 15) is 18.0 Å². The highest BCUT2D eigenvalue weighted by atomic mass is 35.5. The quantitative estimate of drug-likeness (QED) is 0.585. The van der Waals surface area contributed by atoms with Crippen molar-refractivity contribution < 1.29 is 22.7 Å². The van der Waals surface area contributed by atoms with E-state index in [0.717, 1.165) is 30.6 Å². The molecule has 0 bridgehead atoms. The Labute approximate surface area is 199 Å². The van der Waals surface area contributed by atoms with Crippen LogP contribution in [0.1, 0.15) is 22.3 Å². The zero-order chi connectivity index (χ0) is 24.0. The van der Waals surface area contributed by atoms with Gasteiger partial charge in [0.25, 0.3) is 5.91 Å². The number of anilines is 2. The van der Waals surface area contributed by atoms with E-state index >= 15 is 0 Å². The van der Waals surface area contributed by atoms with Crippen LogP contribution >= 0.6 is 11.6 Å². The predicted octanol–water partition coefficient (Wildman–Crippen LogP) is 2.66. The predicted molar refractivity (Wildman–Crippen MR) is 130 cm³/mol. The largest absolute Gasteiger partial charge is 0.378 e. The summed E-state index contributed by atoms with van der Waals surface area (Å²) >= 11 is 5.87. The number of hydrogen-bond donors (Lipinski definition) is 2. The molecule has 3 rings (SSSR count). The van der Waals surface area contributed by atoms with Crippen molar-refractivity contribution in [1.82, 2.24) is 5.32 Å². The Hall–Kier alpha value is -2.62. The van der Waals surface area contributed by atoms with Crippen molar-refractivity contribution in [3.63, 3.8) is 0 Å². The number of sulfone groups is 1. The van der Waals surface area contributed by atoms with Crippen LogP contribution in [-0.2, 0) is 19.4 Å². The van der Waals surface area contributed by atoms with Crippen molar-refractivity contribution in [2.24, 2.45) is 0 Å². The monoisotopic (exact) mass is 493 g/mol. The third-order valence-electron chi connectivity index (χ3n) is 5.35. The Bertz CT molecular complexity index is 1100. The number of rotatable bonds is 8. The first-order valence-corrected chi connectivity index (χ1v) is 13.0. The molecule has 178 valence electrons. The van der Waals surface area contributed by atoms with Crippen LogP contribution in [0.3, 0.4) is 0 Å². The summed E-state index contributed by atoms with van der Waals surface area (Å²) in [4.78, 5) is 27.9. The van der Waals surface area contributed by atoms with E-state index in [-0.39, 0.29) is 12.2 Å². The molecule has 1 unspecified atom stereocenters. The maximum atomic E-state index is 13.0. The molecule has 2 aromatic rings. The van der Waals surface area contributed by atoms with Gasteiger partial charge in [-0.3, -0.25) is 9.59 Å². The number of carbonyl (C=O) groups is 2. The molecule has 0 spiro atoms. The number of amides is 2. The third-order valence-corrected chi connectivity index (χ3v) is 6.58. The van der Waals surface area contributed by atoms with Crippen LogP contribution in [0.2, 0.25) is 5.02 Å². The molecule has 33 heavy (non-hydrogen) atoms. The number of carbonyl (C=O) groups excluding carboxylic acids is 2. The van der Waals surface area contributed by atoms with Crippen molar-refractivity contribution >= 4 is 44.6 Å². The smallest absolute Gasteiger partial charge is 0.251 e. The van der Waals surface area contributed by atoms with Crippen molar-refractivity contribution in [1.29, 1.82) is 0 Å². The molecular weight excluding hydrogens is 466 g/mol. The second kappa shape index (κ2) is 11.0. The molecule has 2 aromatic carbocycles. The summed E-state index contributed by atoms with van der Waals surface area (Å²) < 4.78 is 28.7. The number of hydrogen-bond acceptors (Lipinski definition) is 6. The highest BCUT2D eigenvalue weighted by Crippen LogP contribution is 2.24. The van der Waals surface area contributed by atoms with E-state index in [4.69, 9.17) is 16.3 Å². The van der Waals surface area contributed by atoms with Gasteiger partial charge in [0.2, 0.25) is 5.91 Å². The highest BCUT2D eigenvalue weighted by molar-refractivity contribution is 7.90. The number of nitrogens with zero attached hydrogens (tertiary/aromatic N) is 1. The first-order chi connectivity index (χ1) is 15.6. The number of benzene rings is 2. The first-order valence-electron chi connectivity index (χ1n) is 10.6. The Balaban J connectivity index is 1.73. The van der Waals surface area contributed by atoms with Crippen LogP contribution < -0.4 is 15.5 Å². The van der Waals surface area contributed by atoms with Gasteiger partial charge >= 0.3 is 0 Å². The van der Waals surface area contributed by atoms with Gasteiger partial charge in [-0.25, -0.2) is 8.42 Å². The highest BCUT2D eigenvalue weighted by Gasteiger charge is 2.24. The zero-order valence-corrected chi connectivity index (χ0v) is 20.2. The Morgan fingerprint density at radius 2 is 1.79 bits per heavy atom. The number of nitrogens with one attached hydrogen (secondary N) is 2.